The predicted octanol–water partition coefficient (Wildman–Crippen LogP) is 4.47. The quantitative estimate of drug-likeness (QED) is 0.604. The predicted molar refractivity (Wildman–Crippen MR) is 91.3 cm³/mol. The molecule has 1 heterocycles. The molecule has 0 aromatic carbocycles. The molecule has 0 spiro atoms. The Morgan fingerprint density at radius 2 is 1.50 bits per heavy atom. The first kappa shape index (κ1) is 18.9. The number of nitrogens with one attached hydrogen (secondary N) is 1. The maximum Gasteiger partial charge on any atom is 0.236 e. The van der Waals surface area contributed by atoms with Crippen LogP contribution in [0, 0.1) is 22.2 Å². The lowest BCUT2D eigenvalue weighted by Crippen LogP contribution is -2.46. The number of hydrogen-bond donors (Lipinski definition) is 1. The summed E-state index contributed by atoms with van der Waals surface area (Å²) in [6.45, 7) is 18.6. The molecule has 1 N–H and O–H groups in total. The van der Waals surface area contributed by atoms with Gasteiger partial charge in [-0.05, 0) is 44.9 Å². The fraction of sp³-hybridized carbons (Fsp3) is 0.789. The van der Waals surface area contributed by atoms with Crippen LogP contribution in [0.2, 0.25) is 0 Å². The van der Waals surface area contributed by atoms with Crippen molar-refractivity contribution in [1.29, 1.82) is 0 Å². The summed E-state index contributed by atoms with van der Waals surface area (Å²) >= 11 is 0. The van der Waals surface area contributed by atoms with E-state index >= 15 is 0 Å². The molecule has 1 rings (SSSR count). The molecule has 0 radical (unpaired) electrons. The van der Waals surface area contributed by atoms with E-state index in [9.17, 15) is 9.59 Å². The second kappa shape index (κ2) is 5.82. The number of carbonyl (C=O) groups is 2. The van der Waals surface area contributed by atoms with Crippen molar-refractivity contribution >= 4 is 11.8 Å². The normalized spacial score (nSPS) is 25.9. The second-order valence-corrected chi connectivity index (χ2v) is 8.70. The Kier molecular flexibility index (Phi) is 5.01. The third kappa shape index (κ3) is 3.28. The van der Waals surface area contributed by atoms with Crippen LogP contribution < -0.4 is 5.32 Å². The van der Waals surface area contributed by atoms with Crippen LogP contribution in [0.25, 0.3) is 0 Å². The Labute approximate surface area is 135 Å². The molecule has 0 aromatic rings. The van der Waals surface area contributed by atoms with Gasteiger partial charge >= 0.3 is 0 Å². The van der Waals surface area contributed by atoms with Crippen molar-refractivity contribution in [2.75, 3.05) is 0 Å². The number of amides is 2. The van der Waals surface area contributed by atoms with Gasteiger partial charge < -0.3 is 0 Å². The molecule has 0 saturated carbocycles. The van der Waals surface area contributed by atoms with Crippen molar-refractivity contribution in [1.82, 2.24) is 5.32 Å². The molecule has 1 aliphatic rings. The maximum absolute atomic E-state index is 12.7. The van der Waals surface area contributed by atoms with E-state index in [0.717, 1.165) is 18.4 Å². The highest BCUT2D eigenvalue weighted by molar-refractivity contribution is 6.01. The Balaban J connectivity index is 3.65. The van der Waals surface area contributed by atoms with Gasteiger partial charge in [-0.25, -0.2) is 0 Å². The Morgan fingerprint density at radius 1 is 1.00 bits per heavy atom. The average Bonchev–Trinajstić information content (AvgIpc) is 2.36. The Morgan fingerprint density at radius 3 is 1.95 bits per heavy atom. The van der Waals surface area contributed by atoms with Crippen LogP contribution in [0.15, 0.2) is 11.1 Å². The van der Waals surface area contributed by atoms with E-state index in [2.05, 4.69) is 39.9 Å². The molecule has 3 heteroatoms. The van der Waals surface area contributed by atoms with E-state index in [4.69, 9.17) is 0 Å². The third-order valence-corrected chi connectivity index (χ3v) is 5.47. The third-order valence-electron chi connectivity index (χ3n) is 5.47. The molecule has 0 aliphatic carbocycles. The van der Waals surface area contributed by atoms with E-state index in [1.54, 1.807) is 0 Å². The molecule has 1 aliphatic heterocycles. The van der Waals surface area contributed by atoms with E-state index in [-0.39, 0.29) is 17.2 Å². The van der Waals surface area contributed by atoms with Gasteiger partial charge in [-0.2, -0.15) is 0 Å². The van der Waals surface area contributed by atoms with Crippen LogP contribution in [0.5, 0.6) is 0 Å². The zero-order valence-electron chi connectivity index (χ0n) is 15.8. The molecule has 0 bridgehead atoms. The van der Waals surface area contributed by atoms with E-state index < -0.39 is 10.8 Å². The topological polar surface area (TPSA) is 46.2 Å². The summed E-state index contributed by atoms with van der Waals surface area (Å²) in [5.41, 5.74) is 1.07. The van der Waals surface area contributed by atoms with Crippen molar-refractivity contribution in [3.05, 3.63) is 11.1 Å². The SMILES string of the molecule is CCC(C)C1=C(C)C(C)(C)C(=O)NC(=O)C(C)(C)CC1(C)C. The lowest BCUT2D eigenvalue weighted by atomic mass is 9.64. The van der Waals surface area contributed by atoms with Crippen LogP contribution >= 0.6 is 0 Å². The zero-order valence-corrected chi connectivity index (χ0v) is 15.8. The standard InChI is InChI=1S/C19H33NO2/c1-10-12(2)14-13(3)19(8,9)16(22)20-15(21)18(6,7)11-17(14,4)5/h12H,10-11H2,1-9H3,(H,20,21,22). The van der Waals surface area contributed by atoms with E-state index in [1.165, 1.54) is 5.57 Å². The van der Waals surface area contributed by atoms with Crippen LogP contribution in [0.3, 0.4) is 0 Å². The van der Waals surface area contributed by atoms with Crippen molar-refractivity contribution in [2.45, 2.75) is 75.2 Å². The fourth-order valence-electron chi connectivity index (χ4n) is 3.96. The molecule has 0 fully saturated rings. The van der Waals surface area contributed by atoms with E-state index in [1.807, 2.05) is 27.7 Å². The van der Waals surface area contributed by atoms with Gasteiger partial charge in [0.2, 0.25) is 11.8 Å². The van der Waals surface area contributed by atoms with E-state index in [0.29, 0.717) is 5.92 Å². The van der Waals surface area contributed by atoms with Crippen molar-refractivity contribution in [3.8, 4) is 0 Å². The zero-order chi connectivity index (χ0) is 17.5. The van der Waals surface area contributed by atoms with Gasteiger partial charge in [0.15, 0.2) is 0 Å². The first-order chi connectivity index (χ1) is 9.77. The van der Waals surface area contributed by atoms with Gasteiger partial charge in [-0.3, -0.25) is 14.9 Å². The molecule has 1 unspecified atom stereocenters. The van der Waals surface area contributed by atoms with Crippen molar-refractivity contribution < 1.29 is 9.59 Å². The number of allylic oxidation sites excluding steroid dienone is 1. The van der Waals surface area contributed by atoms with Crippen LogP contribution in [0.1, 0.15) is 75.2 Å². The monoisotopic (exact) mass is 307 g/mol. The Bertz CT molecular complexity index is 510. The first-order valence-corrected chi connectivity index (χ1v) is 8.35. The molecular weight excluding hydrogens is 274 g/mol. The summed E-state index contributed by atoms with van der Waals surface area (Å²) in [6.07, 6.45) is 1.76. The van der Waals surface area contributed by atoms with Crippen LogP contribution in [-0.4, -0.2) is 11.8 Å². The summed E-state index contributed by atoms with van der Waals surface area (Å²) < 4.78 is 0. The number of imide groups is 1. The van der Waals surface area contributed by atoms with Gasteiger partial charge in [0, 0.05) is 5.41 Å². The molecule has 126 valence electrons. The molecule has 1 atom stereocenters. The molecular formula is C19H33NO2. The average molecular weight is 307 g/mol. The molecule has 22 heavy (non-hydrogen) atoms. The Hall–Kier alpha value is -1.12. The largest absolute Gasteiger partial charge is 0.295 e. The molecule has 3 nitrogen and oxygen atoms in total. The van der Waals surface area contributed by atoms with Gasteiger partial charge in [0.1, 0.15) is 0 Å². The van der Waals surface area contributed by atoms with Gasteiger partial charge in [-0.15, -0.1) is 0 Å². The number of rotatable bonds is 2. The first-order valence-electron chi connectivity index (χ1n) is 8.35. The molecule has 0 aromatic heterocycles. The van der Waals surface area contributed by atoms with Gasteiger partial charge in [-0.1, -0.05) is 52.7 Å². The lowest BCUT2D eigenvalue weighted by molar-refractivity contribution is -0.139. The number of hydrogen-bond acceptors (Lipinski definition) is 2. The van der Waals surface area contributed by atoms with Crippen LogP contribution in [0.4, 0.5) is 0 Å². The minimum atomic E-state index is -0.674. The molecule has 2 amide bonds. The lowest BCUT2D eigenvalue weighted by Gasteiger charge is -2.39. The highest BCUT2D eigenvalue weighted by Crippen LogP contribution is 2.48. The van der Waals surface area contributed by atoms with Gasteiger partial charge in [0.25, 0.3) is 0 Å². The summed E-state index contributed by atoms with van der Waals surface area (Å²) in [5.74, 6) is 0.0320. The van der Waals surface area contributed by atoms with Crippen molar-refractivity contribution in [2.24, 2.45) is 22.2 Å². The minimum Gasteiger partial charge on any atom is -0.295 e. The van der Waals surface area contributed by atoms with Crippen molar-refractivity contribution in [3.63, 3.8) is 0 Å². The summed E-state index contributed by atoms with van der Waals surface area (Å²) in [4.78, 5) is 25.2. The summed E-state index contributed by atoms with van der Waals surface area (Å²) in [5, 5.41) is 2.64. The highest BCUT2D eigenvalue weighted by atomic mass is 16.2. The smallest absolute Gasteiger partial charge is 0.236 e. The maximum atomic E-state index is 12.7. The summed E-state index contributed by atoms with van der Waals surface area (Å²) in [7, 11) is 0. The highest BCUT2D eigenvalue weighted by Gasteiger charge is 2.44. The van der Waals surface area contributed by atoms with Gasteiger partial charge in [0.05, 0.1) is 5.41 Å². The number of carbonyl (C=O) groups excluding carboxylic acids is 2. The minimum absolute atomic E-state index is 0.123. The fourth-order valence-corrected chi connectivity index (χ4v) is 3.96. The second-order valence-electron chi connectivity index (χ2n) is 8.70. The summed E-state index contributed by atoms with van der Waals surface area (Å²) in [6, 6.07) is 0. The molecule has 0 saturated heterocycles. The van der Waals surface area contributed by atoms with Crippen LogP contribution in [-0.2, 0) is 9.59 Å².